The number of amides is 2. The Kier molecular flexibility index (Phi) is 10.9. The largest absolute Gasteiger partial charge is 0.354 e. The minimum atomic E-state index is -0.607. The van der Waals surface area contributed by atoms with E-state index in [-0.39, 0.29) is 11.8 Å². The van der Waals surface area contributed by atoms with Gasteiger partial charge in [-0.3, -0.25) is 9.59 Å². The molecule has 0 aliphatic heterocycles. The molecular formula is C30H35ClN2O2S. The van der Waals surface area contributed by atoms with Gasteiger partial charge >= 0.3 is 0 Å². The molecule has 190 valence electrons. The fraction of sp³-hybridized carbons (Fsp3) is 0.333. The molecule has 36 heavy (non-hydrogen) atoms. The second-order valence-electron chi connectivity index (χ2n) is 9.13. The average Bonchev–Trinajstić information content (AvgIpc) is 2.85. The maximum absolute atomic E-state index is 13.6. The molecule has 0 heterocycles. The first-order valence-corrected chi connectivity index (χ1v) is 13.9. The molecule has 1 N–H and O–H groups in total. The Labute approximate surface area is 224 Å². The number of aryl methyl sites for hydroxylation is 2. The highest BCUT2D eigenvalue weighted by molar-refractivity contribution is 7.99. The Morgan fingerprint density at radius 1 is 0.917 bits per heavy atom. The monoisotopic (exact) mass is 522 g/mol. The van der Waals surface area contributed by atoms with Crippen LogP contribution in [-0.2, 0) is 28.3 Å². The third-order valence-corrected chi connectivity index (χ3v) is 7.10. The number of rotatable bonds is 12. The number of carbonyl (C=O) groups is 2. The lowest BCUT2D eigenvalue weighted by molar-refractivity contribution is -0.139. The number of benzene rings is 3. The Hall–Kier alpha value is -2.76. The van der Waals surface area contributed by atoms with Gasteiger partial charge in [0.25, 0.3) is 0 Å². The van der Waals surface area contributed by atoms with Gasteiger partial charge < -0.3 is 10.2 Å². The fourth-order valence-electron chi connectivity index (χ4n) is 4.20. The van der Waals surface area contributed by atoms with E-state index >= 15 is 0 Å². The quantitative estimate of drug-likeness (QED) is 0.301. The van der Waals surface area contributed by atoms with Crippen LogP contribution in [0.25, 0.3) is 0 Å². The maximum Gasteiger partial charge on any atom is 0.243 e. The van der Waals surface area contributed by atoms with Gasteiger partial charge in [-0.1, -0.05) is 90.3 Å². The predicted molar refractivity (Wildman–Crippen MR) is 151 cm³/mol. The molecule has 4 nitrogen and oxygen atoms in total. The number of carbonyl (C=O) groups excluding carboxylic acids is 2. The van der Waals surface area contributed by atoms with Crippen molar-refractivity contribution >= 4 is 35.2 Å². The summed E-state index contributed by atoms with van der Waals surface area (Å²) in [6.07, 6.45) is 1.29. The topological polar surface area (TPSA) is 49.4 Å². The molecule has 3 aromatic carbocycles. The maximum atomic E-state index is 13.6. The van der Waals surface area contributed by atoms with E-state index in [4.69, 9.17) is 11.6 Å². The number of halogens is 1. The molecular weight excluding hydrogens is 488 g/mol. The molecule has 0 aliphatic rings. The van der Waals surface area contributed by atoms with Gasteiger partial charge in [-0.05, 0) is 49.1 Å². The fourth-order valence-corrected chi connectivity index (χ4v) is 5.17. The van der Waals surface area contributed by atoms with Crippen LogP contribution in [0.4, 0.5) is 0 Å². The summed E-state index contributed by atoms with van der Waals surface area (Å²) in [4.78, 5) is 28.7. The van der Waals surface area contributed by atoms with Crippen molar-refractivity contribution in [3.05, 3.63) is 106 Å². The van der Waals surface area contributed by atoms with Crippen molar-refractivity contribution in [2.24, 2.45) is 0 Å². The van der Waals surface area contributed by atoms with E-state index in [1.165, 1.54) is 16.7 Å². The summed E-state index contributed by atoms with van der Waals surface area (Å²) in [5.74, 6) is 0.871. The SMILES string of the molecule is CCCNC(=O)[C@H](Cc1ccccc1)N(Cc1ccc(Cl)cc1)C(=O)CSCc1cc(C)cc(C)c1. The van der Waals surface area contributed by atoms with Crippen LogP contribution >= 0.6 is 23.4 Å². The zero-order valence-corrected chi connectivity index (χ0v) is 22.9. The summed E-state index contributed by atoms with van der Waals surface area (Å²) in [7, 11) is 0. The van der Waals surface area contributed by atoms with Crippen molar-refractivity contribution in [2.45, 2.75) is 52.0 Å². The molecule has 0 saturated heterocycles. The van der Waals surface area contributed by atoms with Gasteiger partial charge in [0, 0.05) is 30.3 Å². The van der Waals surface area contributed by atoms with Crippen molar-refractivity contribution in [1.82, 2.24) is 10.2 Å². The molecule has 3 aromatic rings. The summed E-state index contributed by atoms with van der Waals surface area (Å²) in [5, 5.41) is 3.66. The summed E-state index contributed by atoms with van der Waals surface area (Å²) >= 11 is 7.67. The number of hydrogen-bond donors (Lipinski definition) is 1. The highest BCUT2D eigenvalue weighted by Crippen LogP contribution is 2.20. The van der Waals surface area contributed by atoms with Crippen LogP contribution in [0.2, 0.25) is 5.02 Å². The van der Waals surface area contributed by atoms with Gasteiger partial charge in [-0.25, -0.2) is 0 Å². The highest BCUT2D eigenvalue weighted by atomic mass is 35.5. The molecule has 0 unspecified atom stereocenters. The van der Waals surface area contributed by atoms with E-state index < -0.39 is 6.04 Å². The standard InChI is InChI=1S/C30H35ClN2O2S/c1-4-14-32-30(35)28(18-24-8-6-5-7-9-24)33(19-25-10-12-27(31)13-11-25)29(34)21-36-20-26-16-22(2)15-23(3)17-26/h5-13,15-17,28H,4,14,18-21H2,1-3H3,(H,32,35)/t28-/m0/s1. The van der Waals surface area contributed by atoms with Gasteiger partial charge in [0.1, 0.15) is 6.04 Å². The number of hydrogen-bond acceptors (Lipinski definition) is 3. The Balaban J connectivity index is 1.83. The summed E-state index contributed by atoms with van der Waals surface area (Å²) in [6.45, 7) is 7.12. The molecule has 0 saturated carbocycles. The highest BCUT2D eigenvalue weighted by Gasteiger charge is 2.30. The molecule has 0 radical (unpaired) electrons. The Morgan fingerprint density at radius 2 is 1.58 bits per heavy atom. The Morgan fingerprint density at radius 3 is 2.22 bits per heavy atom. The van der Waals surface area contributed by atoms with E-state index in [2.05, 4.69) is 37.4 Å². The van der Waals surface area contributed by atoms with E-state index in [0.29, 0.717) is 30.3 Å². The lowest BCUT2D eigenvalue weighted by Gasteiger charge is -2.31. The van der Waals surface area contributed by atoms with Crippen molar-refractivity contribution in [1.29, 1.82) is 0 Å². The lowest BCUT2D eigenvalue weighted by atomic mass is 10.0. The van der Waals surface area contributed by atoms with Crippen molar-refractivity contribution in [2.75, 3.05) is 12.3 Å². The van der Waals surface area contributed by atoms with Gasteiger partial charge in [0.2, 0.25) is 11.8 Å². The molecule has 0 fully saturated rings. The van der Waals surface area contributed by atoms with Crippen molar-refractivity contribution in [3.8, 4) is 0 Å². The molecule has 0 bridgehead atoms. The molecule has 2 amide bonds. The van der Waals surface area contributed by atoms with Crippen LogP contribution in [0.3, 0.4) is 0 Å². The van der Waals surface area contributed by atoms with E-state index in [1.54, 1.807) is 16.7 Å². The minimum absolute atomic E-state index is 0.0492. The van der Waals surface area contributed by atoms with Crippen LogP contribution in [0.5, 0.6) is 0 Å². The Bertz CT molecular complexity index is 1120. The second-order valence-corrected chi connectivity index (χ2v) is 10.6. The second kappa shape index (κ2) is 14.1. The molecule has 0 aliphatic carbocycles. The number of nitrogens with one attached hydrogen (secondary N) is 1. The third-order valence-electron chi connectivity index (χ3n) is 5.86. The third kappa shape index (κ3) is 8.72. The zero-order chi connectivity index (χ0) is 25.9. The summed E-state index contributed by atoms with van der Waals surface area (Å²) in [6, 6.07) is 23.2. The average molecular weight is 523 g/mol. The zero-order valence-electron chi connectivity index (χ0n) is 21.3. The van der Waals surface area contributed by atoms with Gasteiger partial charge in [-0.2, -0.15) is 0 Å². The van der Waals surface area contributed by atoms with Crippen LogP contribution in [-0.4, -0.2) is 35.1 Å². The number of nitrogens with zero attached hydrogens (tertiary/aromatic N) is 1. The summed E-state index contributed by atoms with van der Waals surface area (Å²) < 4.78 is 0. The predicted octanol–water partition coefficient (Wildman–Crippen LogP) is 6.36. The van der Waals surface area contributed by atoms with Gasteiger partial charge in [0.15, 0.2) is 0 Å². The van der Waals surface area contributed by atoms with E-state index in [9.17, 15) is 9.59 Å². The van der Waals surface area contributed by atoms with Crippen LogP contribution < -0.4 is 5.32 Å². The molecule has 3 rings (SSSR count). The lowest BCUT2D eigenvalue weighted by Crippen LogP contribution is -2.51. The molecule has 1 atom stereocenters. The smallest absolute Gasteiger partial charge is 0.243 e. The van der Waals surface area contributed by atoms with Crippen molar-refractivity contribution < 1.29 is 9.59 Å². The van der Waals surface area contributed by atoms with Gasteiger partial charge in [0.05, 0.1) is 5.75 Å². The van der Waals surface area contributed by atoms with E-state index in [1.807, 2.05) is 61.5 Å². The molecule has 6 heteroatoms. The van der Waals surface area contributed by atoms with Crippen LogP contribution in [0, 0.1) is 13.8 Å². The molecule has 0 spiro atoms. The minimum Gasteiger partial charge on any atom is -0.354 e. The van der Waals surface area contributed by atoms with E-state index in [0.717, 1.165) is 23.3 Å². The first kappa shape index (κ1) is 27.8. The van der Waals surface area contributed by atoms with Crippen LogP contribution in [0.15, 0.2) is 72.8 Å². The van der Waals surface area contributed by atoms with Crippen LogP contribution in [0.1, 0.15) is 41.2 Å². The molecule has 0 aromatic heterocycles. The van der Waals surface area contributed by atoms with Gasteiger partial charge in [-0.15, -0.1) is 11.8 Å². The number of thioether (sulfide) groups is 1. The van der Waals surface area contributed by atoms with Crippen molar-refractivity contribution in [3.63, 3.8) is 0 Å². The normalized spacial score (nSPS) is 11.7. The first-order chi connectivity index (χ1) is 17.4. The first-order valence-electron chi connectivity index (χ1n) is 12.4. The summed E-state index contributed by atoms with van der Waals surface area (Å²) in [5.41, 5.74) is 5.60.